The molecule has 0 saturated carbocycles. The molecule has 6 heteroatoms. The zero-order valence-corrected chi connectivity index (χ0v) is 15.8. The quantitative estimate of drug-likeness (QED) is 0.639. The number of hydrogen-bond acceptors (Lipinski definition) is 5. The summed E-state index contributed by atoms with van der Waals surface area (Å²) >= 11 is 0. The number of likely N-dealkylation sites (N-methyl/N-ethyl adjacent to an activating group) is 1. The van der Waals surface area contributed by atoms with Gasteiger partial charge < -0.3 is 19.1 Å². The highest BCUT2D eigenvalue weighted by molar-refractivity contribution is 5.71. The number of rotatable bonds is 8. The Morgan fingerprint density at radius 2 is 1.74 bits per heavy atom. The molecule has 0 aliphatic carbocycles. The maximum absolute atomic E-state index is 12.4. The Balaban J connectivity index is 5.23. The van der Waals surface area contributed by atoms with Gasteiger partial charge in [0, 0.05) is 14.2 Å². The van der Waals surface area contributed by atoms with E-state index in [1.165, 1.54) is 4.90 Å². The molecular formula is C17H33NO5. The third-order valence-electron chi connectivity index (χ3n) is 3.71. The van der Waals surface area contributed by atoms with Gasteiger partial charge in [-0.2, -0.15) is 0 Å². The van der Waals surface area contributed by atoms with Crippen LogP contribution in [0.15, 0.2) is 0 Å². The molecule has 0 aromatic rings. The van der Waals surface area contributed by atoms with Crippen molar-refractivity contribution in [3.05, 3.63) is 0 Å². The third-order valence-corrected chi connectivity index (χ3v) is 3.71. The van der Waals surface area contributed by atoms with Crippen LogP contribution in [-0.2, 0) is 19.0 Å². The van der Waals surface area contributed by atoms with E-state index in [0.29, 0.717) is 6.61 Å². The molecule has 1 amide bonds. The van der Waals surface area contributed by atoms with E-state index < -0.39 is 17.8 Å². The van der Waals surface area contributed by atoms with Crippen LogP contribution in [-0.4, -0.2) is 55.5 Å². The molecular weight excluding hydrogens is 298 g/mol. The van der Waals surface area contributed by atoms with Gasteiger partial charge in [-0.3, -0.25) is 4.79 Å². The Kier molecular flexibility index (Phi) is 9.20. The molecule has 0 aromatic heterocycles. The minimum atomic E-state index is -0.574. The molecule has 0 fully saturated rings. The number of hydrogen-bond donors (Lipinski definition) is 0. The van der Waals surface area contributed by atoms with Crippen molar-refractivity contribution in [1.29, 1.82) is 0 Å². The Morgan fingerprint density at radius 1 is 1.17 bits per heavy atom. The number of nitrogens with zero attached hydrogens (tertiary/aromatic N) is 1. The third kappa shape index (κ3) is 7.68. The fourth-order valence-electron chi connectivity index (χ4n) is 2.42. The minimum absolute atomic E-state index is 0.104. The molecule has 6 nitrogen and oxygen atoms in total. The van der Waals surface area contributed by atoms with Gasteiger partial charge in [0.1, 0.15) is 5.60 Å². The van der Waals surface area contributed by atoms with E-state index in [1.807, 2.05) is 34.6 Å². The summed E-state index contributed by atoms with van der Waals surface area (Å²) in [5.74, 6) is -0.183. The second-order valence-corrected chi connectivity index (χ2v) is 6.75. The highest BCUT2D eigenvalue weighted by atomic mass is 16.6. The van der Waals surface area contributed by atoms with Crippen molar-refractivity contribution in [2.24, 2.45) is 5.92 Å². The van der Waals surface area contributed by atoms with Crippen molar-refractivity contribution in [2.75, 3.05) is 20.8 Å². The van der Waals surface area contributed by atoms with Gasteiger partial charge in [-0.1, -0.05) is 20.3 Å². The van der Waals surface area contributed by atoms with Crippen molar-refractivity contribution in [2.45, 2.75) is 72.1 Å². The van der Waals surface area contributed by atoms with E-state index in [2.05, 4.69) is 0 Å². The first-order valence-corrected chi connectivity index (χ1v) is 8.21. The average molecular weight is 331 g/mol. The van der Waals surface area contributed by atoms with E-state index in [1.54, 1.807) is 21.1 Å². The number of carbonyl (C=O) groups excluding carboxylic acids is 2. The topological polar surface area (TPSA) is 65.1 Å². The molecule has 0 bridgehead atoms. The first-order valence-electron chi connectivity index (χ1n) is 8.21. The Labute approximate surface area is 140 Å². The first kappa shape index (κ1) is 21.7. The van der Waals surface area contributed by atoms with E-state index >= 15 is 0 Å². The number of esters is 1. The lowest BCUT2D eigenvalue weighted by molar-refractivity contribution is -0.147. The predicted octanol–water partition coefficient (Wildman–Crippen LogP) is 3.24. The van der Waals surface area contributed by atoms with Crippen molar-refractivity contribution < 1.29 is 23.8 Å². The van der Waals surface area contributed by atoms with E-state index in [9.17, 15) is 9.59 Å². The summed E-state index contributed by atoms with van der Waals surface area (Å²) < 4.78 is 15.9. The van der Waals surface area contributed by atoms with E-state index in [0.717, 1.165) is 6.42 Å². The summed E-state index contributed by atoms with van der Waals surface area (Å²) in [6, 6.07) is -0.274. The molecule has 0 rings (SSSR count). The van der Waals surface area contributed by atoms with Crippen LogP contribution in [0.25, 0.3) is 0 Å². The summed E-state index contributed by atoms with van der Waals surface area (Å²) in [5, 5.41) is 0. The van der Waals surface area contributed by atoms with Crippen LogP contribution in [0.2, 0.25) is 0 Å². The number of carbonyl (C=O) groups is 2. The maximum atomic E-state index is 12.4. The smallest absolute Gasteiger partial charge is 0.410 e. The Bertz CT molecular complexity index is 378. The van der Waals surface area contributed by atoms with Gasteiger partial charge in [0.05, 0.1) is 25.2 Å². The fourth-order valence-corrected chi connectivity index (χ4v) is 2.42. The van der Waals surface area contributed by atoms with Crippen molar-refractivity contribution in [3.8, 4) is 0 Å². The first-order chi connectivity index (χ1) is 10.6. The van der Waals surface area contributed by atoms with Crippen LogP contribution in [0.4, 0.5) is 4.79 Å². The fraction of sp³-hybridized carbons (Fsp3) is 0.882. The molecule has 0 aliphatic heterocycles. The van der Waals surface area contributed by atoms with Crippen LogP contribution >= 0.6 is 0 Å². The zero-order valence-electron chi connectivity index (χ0n) is 15.8. The highest BCUT2D eigenvalue weighted by Crippen LogP contribution is 2.23. The second-order valence-electron chi connectivity index (χ2n) is 6.75. The van der Waals surface area contributed by atoms with Crippen LogP contribution in [0.1, 0.15) is 54.4 Å². The van der Waals surface area contributed by atoms with Crippen LogP contribution < -0.4 is 0 Å². The summed E-state index contributed by atoms with van der Waals surface area (Å²) in [4.78, 5) is 25.7. The van der Waals surface area contributed by atoms with Crippen LogP contribution in [0.5, 0.6) is 0 Å². The molecule has 0 unspecified atom stereocenters. The summed E-state index contributed by atoms with van der Waals surface area (Å²) in [6.07, 6.45) is 0.0858. The van der Waals surface area contributed by atoms with Gasteiger partial charge in [0.25, 0.3) is 0 Å². The van der Waals surface area contributed by atoms with Gasteiger partial charge in [-0.15, -0.1) is 0 Å². The van der Waals surface area contributed by atoms with Crippen LogP contribution in [0, 0.1) is 5.92 Å². The van der Waals surface area contributed by atoms with Gasteiger partial charge >= 0.3 is 12.1 Å². The molecule has 0 aromatic carbocycles. The Hall–Kier alpha value is -1.30. The van der Waals surface area contributed by atoms with Crippen molar-refractivity contribution >= 4 is 12.1 Å². The summed E-state index contributed by atoms with van der Waals surface area (Å²) in [5.41, 5.74) is -0.574. The van der Waals surface area contributed by atoms with Crippen molar-refractivity contribution in [1.82, 2.24) is 4.90 Å². The highest BCUT2D eigenvalue weighted by Gasteiger charge is 2.35. The molecule has 3 atom stereocenters. The number of ether oxygens (including phenoxy) is 3. The molecule has 23 heavy (non-hydrogen) atoms. The summed E-state index contributed by atoms with van der Waals surface area (Å²) in [7, 11) is 3.23. The van der Waals surface area contributed by atoms with Crippen LogP contribution in [0.3, 0.4) is 0 Å². The summed E-state index contributed by atoms with van der Waals surface area (Å²) in [6.45, 7) is 11.6. The standard InChI is InChI=1S/C17H33NO5/c1-9-12(3)15(13(21-8)11-14(19)22-10-2)18(7)16(20)23-17(4,5)6/h12-13,15H,9-11H2,1-8H3/t12-,13+,15-/m0/s1. The van der Waals surface area contributed by atoms with E-state index in [-0.39, 0.29) is 24.3 Å². The van der Waals surface area contributed by atoms with Gasteiger partial charge in [0.15, 0.2) is 0 Å². The number of methoxy groups -OCH3 is 1. The average Bonchev–Trinajstić information content (AvgIpc) is 2.44. The SMILES string of the molecule is CCOC(=O)C[C@@H](OC)[C@H]([C@@H](C)CC)N(C)C(=O)OC(C)(C)C. The van der Waals surface area contributed by atoms with Crippen molar-refractivity contribution in [3.63, 3.8) is 0 Å². The monoisotopic (exact) mass is 331 g/mol. The maximum Gasteiger partial charge on any atom is 0.410 e. The largest absolute Gasteiger partial charge is 0.466 e. The molecule has 0 radical (unpaired) electrons. The lowest BCUT2D eigenvalue weighted by atomic mass is 9.91. The molecule has 0 N–H and O–H groups in total. The molecule has 0 heterocycles. The van der Waals surface area contributed by atoms with Gasteiger partial charge in [-0.05, 0) is 33.6 Å². The number of amides is 1. The molecule has 0 saturated heterocycles. The molecule has 136 valence electrons. The Morgan fingerprint density at radius 3 is 2.13 bits per heavy atom. The molecule has 0 aliphatic rings. The zero-order chi connectivity index (χ0) is 18.2. The molecule has 0 spiro atoms. The van der Waals surface area contributed by atoms with E-state index in [4.69, 9.17) is 14.2 Å². The lowest BCUT2D eigenvalue weighted by Gasteiger charge is -2.38. The second kappa shape index (κ2) is 9.75. The predicted molar refractivity (Wildman–Crippen MR) is 89.3 cm³/mol. The normalized spacial score (nSPS) is 15.5. The van der Waals surface area contributed by atoms with Gasteiger partial charge in [0.2, 0.25) is 0 Å². The minimum Gasteiger partial charge on any atom is -0.466 e. The van der Waals surface area contributed by atoms with Gasteiger partial charge in [-0.25, -0.2) is 4.79 Å². The lowest BCUT2D eigenvalue weighted by Crippen LogP contribution is -2.51.